The van der Waals surface area contributed by atoms with Gasteiger partial charge in [-0.05, 0) is 68.2 Å². The first kappa shape index (κ1) is 16.5. The van der Waals surface area contributed by atoms with Crippen LogP contribution in [0.2, 0.25) is 5.02 Å². The zero-order valence-electron chi connectivity index (χ0n) is 11.9. The largest absolute Gasteiger partial charge is 0.325 e. The van der Waals surface area contributed by atoms with E-state index in [4.69, 9.17) is 17.3 Å². The summed E-state index contributed by atoms with van der Waals surface area (Å²) in [5.41, 5.74) is 6.33. The standard InChI is InChI=1S/C14H20BrClN2O/c1-8-6-9(15)11(7-10(8)16)18-12(19)13(2,3)14(4,5)17/h6-7H,17H2,1-5H3,(H,18,19). The molecule has 0 aliphatic rings. The van der Waals surface area contributed by atoms with Crippen LogP contribution in [0.1, 0.15) is 33.3 Å². The number of hydrogen-bond acceptors (Lipinski definition) is 2. The van der Waals surface area contributed by atoms with E-state index in [1.807, 2.05) is 40.7 Å². The van der Waals surface area contributed by atoms with Gasteiger partial charge >= 0.3 is 0 Å². The highest BCUT2D eigenvalue weighted by Gasteiger charge is 2.40. The maximum Gasteiger partial charge on any atom is 0.231 e. The first-order valence-electron chi connectivity index (χ1n) is 6.03. The second kappa shape index (κ2) is 5.43. The Morgan fingerprint density at radius 3 is 2.32 bits per heavy atom. The Morgan fingerprint density at radius 2 is 1.84 bits per heavy atom. The molecule has 0 aliphatic carbocycles. The number of amides is 1. The van der Waals surface area contributed by atoms with Crippen LogP contribution < -0.4 is 11.1 Å². The van der Waals surface area contributed by atoms with Crippen LogP contribution in [0, 0.1) is 12.3 Å². The molecule has 0 bridgehead atoms. The Morgan fingerprint density at radius 1 is 1.32 bits per heavy atom. The van der Waals surface area contributed by atoms with Gasteiger partial charge in [0.25, 0.3) is 0 Å². The van der Waals surface area contributed by atoms with Crippen LogP contribution in [0.15, 0.2) is 16.6 Å². The highest BCUT2D eigenvalue weighted by molar-refractivity contribution is 9.10. The molecule has 0 saturated carbocycles. The van der Waals surface area contributed by atoms with Crippen LogP contribution in [0.3, 0.4) is 0 Å². The van der Waals surface area contributed by atoms with E-state index in [1.165, 1.54) is 0 Å². The zero-order valence-corrected chi connectivity index (χ0v) is 14.2. The Labute approximate surface area is 128 Å². The second-order valence-corrected chi connectivity index (χ2v) is 7.14. The summed E-state index contributed by atoms with van der Waals surface area (Å²) in [6.07, 6.45) is 0. The van der Waals surface area contributed by atoms with Gasteiger partial charge in [-0.3, -0.25) is 4.79 Å². The molecule has 0 radical (unpaired) electrons. The van der Waals surface area contributed by atoms with E-state index in [0.29, 0.717) is 10.7 Å². The van der Waals surface area contributed by atoms with E-state index in [0.717, 1.165) is 10.0 Å². The van der Waals surface area contributed by atoms with E-state index in [9.17, 15) is 4.79 Å². The van der Waals surface area contributed by atoms with Crippen molar-refractivity contribution in [2.45, 2.75) is 40.2 Å². The Balaban J connectivity index is 3.05. The van der Waals surface area contributed by atoms with Gasteiger partial charge in [-0.15, -0.1) is 0 Å². The summed E-state index contributed by atoms with van der Waals surface area (Å²) in [5.74, 6) is -0.138. The molecule has 5 heteroatoms. The molecule has 1 aromatic carbocycles. The third-order valence-electron chi connectivity index (χ3n) is 3.68. The molecule has 0 atom stereocenters. The van der Waals surface area contributed by atoms with E-state index >= 15 is 0 Å². The van der Waals surface area contributed by atoms with Crippen molar-refractivity contribution < 1.29 is 4.79 Å². The van der Waals surface area contributed by atoms with E-state index in [1.54, 1.807) is 6.07 Å². The summed E-state index contributed by atoms with van der Waals surface area (Å²) < 4.78 is 0.799. The lowest BCUT2D eigenvalue weighted by Crippen LogP contribution is -2.53. The van der Waals surface area contributed by atoms with Gasteiger partial charge in [0, 0.05) is 15.0 Å². The van der Waals surface area contributed by atoms with Crippen molar-refractivity contribution in [1.29, 1.82) is 0 Å². The van der Waals surface area contributed by atoms with Crippen LogP contribution >= 0.6 is 27.5 Å². The van der Waals surface area contributed by atoms with Gasteiger partial charge in [-0.1, -0.05) is 11.6 Å². The number of carbonyl (C=O) groups is 1. The number of nitrogens with one attached hydrogen (secondary N) is 1. The topological polar surface area (TPSA) is 55.1 Å². The summed E-state index contributed by atoms with van der Waals surface area (Å²) in [4.78, 5) is 12.4. The summed E-state index contributed by atoms with van der Waals surface area (Å²) in [6.45, 7) is 9.23. The number of nitrogens with two attached hydrogens (primary N) is 1. The molecule has 0 heterocycles. The first-order valence-corrected chi connectivity index (χ1v) is 7.20. The SMILES string of the molecule is Cc1cc(Br)c(NC(=O)C(C)(C)C(C)(C)N)cc1Cl. The van der Waals surface area contributed by atoms with Gasteiger partial charge in [0.05, 0.1) is 11.1 Å². The molecule has 0 aliphatic heterocycles. The van der Waals surface area contributed by atoms with Gasteiger partial charge in [0.1, 0.15) is 0 Å². The second-order valence-electron chi connectivity index (χ2n) is 5.88. The number of hydrogen-bond donors (Lipinski definition) is 2. The normalized spacial score (nSPS) is 12.4. The number of carbonyl (C=O) groups excluding carboxylic acids is 1. The number of anilines is 1. The average molecular weight is 348 g/mol. The van der Waals surface area contributed by atoms with Crippen molar-refractivity contribution in [2.75, 3.05) is 5.32 Å². The molecule has 0 aromatic heterocycles. The lowest BCUT2D eigenvalue weighted by molar-refractivity contribution is -0.126. The molecule has 1 rings (SSSR count). The highest BCUT2D eigenvalue weighted by atomic mass is 79.9. The minimum Gasteiger partial charge on any atom is -0.325 e. The molecule has 3 nitrogen and oxygen atoms in total. The molecule has 1 aromatic rings. The predicted molar refractivity (Wildman–Crippen MR) is 84.6 cm³/mol. The molecule has 0 unspecified atom stereocenters. The predicted octanol–water partition coefficient (Wildman–Crippen LogP) is 4.11. The first-order chi connectivity index (χ1) is 8.46. The Hall–Kier alpha value is -0.580. The minimum atomic E-state index is -0.705. The quantitative estimate of drug-likeness (QED) is 0.864. The van der Waals surface area contributed by atoms with Crippen LogP contribution in [0.4, 0.5) is 5.69 Å². The molecular formula is C14H20BrClN2O. The molecule has 1 amide bonds. The summed E-state index contributed by atoms with van der Waals surface area (Å²) in [7, 11) is 0. The summed E-state index contributed by atoms with van der Waals surface area (Å²) in [5, 5.41) is 3.49. The highest BCUT2D eigenvalue weighted by Crippen LogP contribution is 2.33. The molecule has 0 fully saturated rings. The van der Waals surface area contributed by atoms with Crippen LogP contribution in [-0.4, -0.2) is 11.4 Å². The fourth-order valence-electron chi connectivity index (χ4n) is 1.31. The van der Waals surface area contributed by atoms with Crippen molar-refractivity contribution >= 4 is 39.1 Å². The van der Waals surface area contributed by atoms with E-state index in [2.05, 4.69) is 21.2 Å². The van der Waals surface area contributed by atoms with Gasteiger partial charge in [-0.25, -0.2) is 0 Å². The fourth-order valence-corrected chi connectivity index (χ4v) is 2.03. The van der Waals surface area contributed by atoms with Crippen molar-refractivity contribution in [3.05, 3.63) is 27.2 Å². The van der Waals surface area contributed by atoms with Gasteiger partial charge in [-0.2, -0.15) is 0 Å². The molecule has 0 spiro atoms. The number of rotatable bonds is 3. The minimum absolute atomic E-state index is 0.138. The molecule has 106 valence electrons. The van der Waals surface area contributed by atoms with Crippen molar-refractivity contribution in [1.82, 2.24) is 0 Å². The van der Waals surface area contributed by atoms with Crippen LogP contribution in [0.5, 0.6) is 0 Å². The number of halogens is 2. The summed E-state index contributed by atoms with van der Waals surface area (Å²) >= 11 is 9.50. The lowest BCUT2D eigenvalue weighted by atomic mass is 9.74. The van der Waals surface area contributed by atoms with Gasteiger partial charge in [0.15, 0.2) is 0 Å². The number of aryl methyl sites for hydroxylation is 1. The Kier molecular flexibility index (Phi) is 4.71. The van der Waals surface area contributed by atoms with Crippen molar-refractivity contribution in [2.24, 2.45) is 11.1 Å². The smallest absolute Gasteiger partial charge is 0.231 e. The third kappa shape index (κ3) is 3.50. The van der Waals surface area contributed by atoms with Gasteiger partial charge < -0.3 is 11.1 Å². The summed E-state index contributed by atoms with van der Waals surface area (Å²) in [6, 6.07) is 3.61. The van der Waals surface area contributed by atoms with Crippen LogP contribution in [0.25, 0.3) is 0 Å². The molecule has 19 heavy (non-hydrogen) atoms. The monoisotopic (exact) mass is 346 g/mol. The maximum atomic E-state index is 12.4. The molecular weight excluding hydrogens is 328 g/mol. The Bertz CT molecular complexity index is 507. The van der Waals surface area contributed by atoms with Crippen molar-refractivity contribution in [3.8, 4) is 0 Å². The van der Waals surface area contributed by atoms with Crippen molar-refractivity contribution in [3.63, 3.8) is 0 Å². The molecule has 3 N–H and O–H groups in total. The van der Waals surface area contributed by atoms with Gasteiger partial charge in [0.2, 0.25) is 5.91 Å². The van der Waals surface area contributed by atoms with E-state index < -0.39 is 11.0 Å². The average Bonchev–Trinajstić information content (AvgIpc) is 2.24. The number of benzene rings is 1. The zero-order chi connectivity index (χ0) is 15.0. The maximum absolute atomic E-state index is 12.4. The van der Waals surface area contributed by atoms with E-state index in [-0.39, 0.29) is 5.91 Å². The van der Waals surface area contributed by atoms with Crippen LogP contribution in [-0.2, 0) is 4.79 Å². The third-order valence-corrected chi connectivity index (χ3v) is 4.74. The fraction of sp³-hybridized carbons (Fsp3) is 0.500. The lowest BCUT2D eigenvalue weighted by Gasteiger charge is -2.37. The molecule has 0 saturated heterocycles.